The maximum absolute atomic E-state index is 14.4. The molecule has 1 heterocycles. The number of amides is 2. The number of halogens is 2. The number of primary amides is 1. The summed E-state index contributed by atoms with van der Waals surface area (Å²) < 4.78 is 33.7. The minimum Gasteiger partial charge on any atom is -0.480 e. The van der Waals surface area contributed by atoms with Crippen LogP contribution >= 0.6 is 0 Å². The summed E-state index contributed by atoms with van der Waals surface area (Å²) in [6.07, 6.45) is 2.26. The summed E-state index contributed by atoms with van der Waals surface area (Å²) in [5, 5.41) is 0. The van der Waals surface area contributed by atoms with Crippen LogP contribution in [0.15, 0.2) is 54.7 Å². The van der Waals surface area contributed by atoms with Crippen LogP contribution in [0.1, 0.15) is 49.9 Å². The van der Waals surface area contributed by atoms with E-state index in [2.05, 4.69) is 4.98 Å². The molecule has 0 aliphatic heterocycles. The van der Waals surface area contributed by atoms with Gasteiger partial charge in [0.1, 0.15) is 17.2 Å². The second kappa shape index (κ2) is 8.74. The minimum atomic E-state index is -0.711. The zero-order valence-electron chi connectivity index (χ0n) is 17.3. The van der Waals surface area contributed by atoms with Crippen molar-refractivity contribution in [3.05, 3.63) is 94.2 Å². The maximum atomic E-state index is 14.4. The van der Waals surface area contributed by atoms with Gasteiger partial charge in [-0.05, 0) is 53.8 Å². The minimum absolute atomic E-state index is 0.0121. The summed E-state index contributed by atoms with van der Waals surface area (Å²) in [6.45, 7) is 0.0121. The van der Waals surface area contributed by atoms with E-state index < -0.39 is 29.5 Å². The molecule has 0 saturated carbocycles. The molecule has 32 heavy (non-hydrogen) atoms. The number of ether oxygens (including phenoxy) is 1. The molecular formula is C24H21F2N3O3. The van der Waals surface area contributed by atoms with Gasteiger partial charge in [0.25, 0.3) is 5.91 Å². The molecule has 0 unspecified atom stereocenters. The van der Waals surface area contributed by atoms with Crippen LogP contribution in [-0.2, 0) is 13.0 Å². The average molecular weight is 437 g/mol. The topological polar surface area (TPSA) is 85.5 Å². The first-order chi connectivity index (χ1) is 15.4. The third-order valence-corrected chi connectivity index (χ3v) is 5.68. The summed E-state index contributed by atoms with van der Waals surface area (Å²) in [6, 6.07) is 11.4. The summed E-state index contributed by atoms with van der Waals surface area (Å²) in [4.78, 5) is 31.2. The van der Waals surface area contributed by atoms with Crippen LogP contribution in [0.2, 0.25) is 0 Å². The lowest BCUT2D eigenvalue weighted by atomic mass is 10.0. The lowest BCUT2D eigenvalue weighted by Crippen LogP contribution is -2.35. The Morgan fingerprint density at radius 1 is 1.16 bits per heavy atom. The van der Waals surface area contributed by atoms with E-state index in [4.69, 9.17) is 10.5 Å². The molecule has 1 aliphatic rings. The molecule has 2 N–H and O–H groups in total. The summed E-state index contributed by atoms with van der Waals surface area (Å²) >= 11 is 0. The van der Waals surface area contributed by atoms with Crippen molar-refractivity contribution < 1.29 is 23.1 Å². The van der Waals surface area contributed by atoms with Crippen molar-refractivity contribution in [1.82, 2.24) is 9.88 Å². The van der Waals surface area contributed by atoms with E-state index >= 15 is 0 Å². The SMILES string of the molecule is COc1ncccc1C(=O)N(Cc1ccccc1C(N)=O)[C@@H]1CCc2c(F)cc(F)cc21. The Morgan fingerprint density at radius 3 is 2.66 bits per heavy atom. The predicted molar refractivity (Wildman–Crippen MR) is 113 cm³/mol. The molecule has 1 aromatic heterocycles. The van der Waals surface area contributed by atoms with E-state index in [9.17, 15) is 18.4 Å². The molecule has 164 valence electrons. The molecule has 0 saturated heterocycles. The Balaban J connectivity index is 1.82. The van der Waals surface area contributed by atoms with E-state index in [0.717, 1.165) is 6.07 Å². The second-order valence-electron chi connectivity index (χ2n) is 7.52. The van der Waals surface area contributed by atoms with E-state index in [1.54, 1.807) is 36.4 Å². The highest BCUT2D eigenvalue weighted by molar-refractivity contribution is 5.97. The van der Waals surface area contributed by atoms with Crippen molar-refractivity contribution >= 4 is 11.8 Å². The van der Waals surface area contributed by atoms with Gasteiger partial charge in [-0.3, -0.25) is 9.59 Å². The van der Waals surface area contributed by atoms with Crippen molar-refractivity contribution in [2.45, 2.75) is 25.4 Å². The smallest absolute Gasteiger partial charge is 0.260 e. The number of fused-ring (bicyclic) bond motifs is 1. The Bertz CT molecular complexity index is 1200. The zero-order valence-corrected chi connectivity index (χ0v) is 17.3. The summed E-state index contributed by atoms with van der Waals surface area (Å²) in [7, 11) is 1.40. The van der Waals surface area contributed by atoms with Crippen LogP contribution in [0.3, 0.4) is 0 Å². The number of nitrogens with zero attached hydrogens (tertiary/aromatic N) is 2. The van der Waals surface area contributed by atoms with Gasteiger partial charge in [-0.15, -0.1) is 0 Å². The lowest BCUT2D eigenvalue weighted by Gasteiger charge is -2.31. The molecular weight excluding hydrogens is 416 g/mol. The van der Waals surface area contributed by atoms with Crippen LogP contribution in [0.4, 0.5) is 8.78 Å². The van der Waals surface area contributed by atoms with E-state index in [0.29, 0.717) is 29.5 Å². The Hall–Kier alpha value is -3.81. The van der Waals surface area contributed by atoms with Gasteiger partial charge in [0, 0.05) is 24.4 Å². The fourth-order valence-electron chi connectivity index (χ4n) is 4.22. The second-order valence-corrected chi connectivity index (χ2v) is 7.52. The standard InChI is InChI=1S/C24H21F2N3O3/c1-32-23-18(7-4-10-28-23)24(31)29(13-14-5-2-3-6-16(14)22(27)30)21-9-8-17-19(21)11-15(25)12-20(17)26/h2-7,10-12,21H,8-9,13H2,1H3,(H2,27,30)/t21-/m1/s1. The van der Waals surface area contributed by atoms with Gasteiger partial charge in [0.15, 0.2) is 0 Å². The molecule has 8 heteroatoms. The van der Waals surface area contributed by atoms with Gasteiger partial charge >= 0.3 is 0 Å². The highest BCUT2D eigenvalue weighted by atomic mass is 19.1. The average Bonchev–Trinajstić information content (AvgIpc) is 3.21. The number of carbonyl (C=O) groups excluding carboxylic acids is 2. The Kier molecular flexibility index (Phi) is 5.85. The zero-order chi connectivity index (χ0) is 22.8. The van der Waals surface area contributed by atoms with Gasteiger partial charge in [0.2, 0.25) is 11.8 Å². The maximum Gasteiger partial charge on any atom is 0.260 e. The molecule has 0 bridgehead atoms. The number of rotatable bonds is 6. The van der Waals surface area contributed by atoms with E-state index in [1.165, 1.54) is 24.3 Å². The number of hydrogen-bond donors (Lipinski definition) is 1. The highest BCUT2D eigenvalue weighted by Gasteiger charge is 2.35. The Morgan fingerprint density at radius 2 is 1.91 bits per heavy atom. The van der Waals surface area contributed by atoms with Gasteiger partial charge in [-0.1, -0.05) is 18.2 Å². The molecule has 0 fully saturated rings. The molecule has 1 atom stereocenters. The van der Waals surface area contributed by atoms with Gasteiger partial charge in [-0.25, -0.2) is 13.8 Å². The number of carbonyl (C=O) groups is 2. The van der Waals surface area contributed by atoms with Gasteiger partial charge in [0.05, 0.1) is 13.2 Å². The third-order valence-electron chi connectivity index (χ3n) is 5.68. The number of nitrogens with two attached hydrogens (primary N) is 1. The van der Waals surface area contributed by atoms with Crippen molar-refractivity contribution in [1.29, 1.82) is 0 Å². The number of hydrogen-bond acceptors (Lipinski definition) is 4. The van der Waals surface area contributed by atoms with Gasteiger partial charge in [-0.2, -0.15) is 0 Å². The van der Waals surface area contributed by atoms with E-state index in [1.807, 2.05) is 0 Å². The largest absolute Gasteiger partial charge is 0.480 e. The van der Waals surface area contributed by atoms with E-state index in [-0.39, 0.29) is 23.6 Å². The normalized spacial score (nSPS) is 14.7. The number of pyridine rings is 1. The van der Waals surface area contributed by atoms with Crippen molar-refractivity contribution in [3.63, 3.8) is 0 Å². The Labute approximate surface area is 183 Å². The van der Waals surface area contributed by atoms with Crippen molar-refractivity contribution in [2.24, 2.45) is 5.73 Å². The monoisotopic (exact) mass is 437 g/mol. The third kappa shape index (κ3) is 3.91. The molecule has 6 nitrogen and oxygen atoms in total. The first-order valence-corrected chi connectivity index (χ1v) is 10.1. The van der Waals surface area contributed by atoms with Crippen molar-refractivity contribution in [3.8, 4) is 5.88 Å². The van der Waals surface area contributed by atoms with Crippen molar-refractivity contribution in [2.75, 3.05) is 7.11 Å². The highest BCUT2D eigenvalue weighted by Crippen LogP contribution is 2.39. The lowest BCUT2D eigenvalue weighted by molar-refractivity contribution is 0.0651. The van der Waals surface area contributed by atoms with Crippen LogP contribution in [0.25, 0.3) is 0 Å². The quantitative estimate of drug-likeness (QED) is 0.636. The first-order valence-electron chi connectivity index (χ1n) is 10.1. The fraction of sp³-hybridized carbons (Fsp3) is 0.208. The first kappa shape index (κ1) is 21.4. The molecule has 0 spiro atoms. The van der Waals surface area contributed by atoms with Crippen LogP contribution < -0.4 is 10.5 Å². The van der Waals surface area contributed by atoms with Crippen LogP contribution in [0.5, 0.6) is 5.88 Å². The fourth-order valence-corrected chi connectivity index (χ4v) is 4.22. The molecule has 1 aliphatic carbocycles. The summed E-state index contributed by atoms with van der Waals surface area (Å²) in [5.41, 5.74) is 7.32. The molecule has 2 amide bonds. The summed E-state index contributed by atoms with van der Waals surface area (Å²) in [5.74, 6) is -2.27. The van der Waals surface area contributed by atoms with Crippen LogP contribution in [0, 0.1) is 11.6 Å². The molecule has 0 radical (unpaired) electrons. The molecule has 2 aromatic carbocycles. The number of aromatic nitrogens is 1. The molecule has 4 rings (SSSR count). The van der Waals surface area contributed by atoms with Crippen LogP contribution in [-0.4, -0.2) is 28.8 Å². The predicted octanol–water partition coefficient (Wildman–Crippen LogP) is 3.80. The number of methoxy groups -OCH3 is 1. The number of benzene rings is 2. The molecule has 3 aromatic rings. The van der Waals surface area contributed by atoms with Gasteiger partial charge < -0.3 is 15.4 Å².